The van der Waals surface area contributed by atoms with Crippen LogP contribution in [0.15, 0.2) is 29.4 Å². The van der Waals surface area contributed by atoms with Crippen LogP contribution < -0.4 is 5.32 Å². The Labute approximate surface area is 153 Å². The lowest BCUT2D eigenvalue weighted by atomic mass is 10.1. The van der Waals surface area contributed by atoms with Gasteiger partial charge in [-0.3, -0.25) is 4.99 Å². The topological polar surface area (TPSA) is 43.4 Å². The zero-order valence-electron chi connectivity index (χ0n) is 12.7. The summed E-state index contributed by atoms with van der Waals surface area (Å²) in [6.45, 7) is 3.10. The standard InChI is InChI=1S/C16H21ClN4.HI/c1-18-16(21-8-2-3-9-21)19-7-6-12-11-20-15-5-4-13(17)10-14(12)15;/h4-5,10-11,20H,2-3,6-9H2,1H3,(H,18,19);1H. The van der Waals surface area contributed by atoms with Crippen molar-refractivity contribution in [2.45, 2.75) is 19.3 Å². The highest BCUT2D eigenvalue weighted by molar-refractivity contribution is 14.0. The number of aromatic nitrogens is 1. The Bertz CT molecular complexity index is 647. The van der Waals surface area contributed by atoms with Crippen molar-refractivity contribution >= 4 is 52.4 Å². The zero-order valence-corrected chi connectivity index (χ0v) is 15.8. The molecule has 1 aromatic carbocycles. The molecule has 1 aliphatic rings. The van der Waals surface area contributed by atoms with Crippen molar-refractivity contribution in [2.75, 3.05) is 26.7 Å². The van der Waals surface area contributed by atoms with Crippen LogP contribution in [0, 0.1) is 0 Å². The number of aliphatic imine (C=N–C) groups is 1. The molecule has 1 saturated heterocycles. The third kappa shape index (κ3) is 3.87. The molecule has 0 bridgehead atoms. The second-order valence-electron chi connectivity index (χ2n) is 5.42. The highest BCUT2D eigenvalue weighted by Crippen LogP contribution is 2.22. The van der Waals surface area contributed by atoms with E-state index in [0.29, 0.717) is 0 Å². The average molecular weight is 433 g/mol. The number of hydrogen-bond acceptors (Lipinski definition) is 1. The van der Waals surface area contributed by atoms with Gasteiger partial charge in [-0.15, -0.1) is 24.0 Å². The van der Waals surface area contributed by atoms with Crippen molar-refractivity contribution < 1.29 is 0 Å². The summed E-state index contributed by atoms with van der Waals surface area (Å²) in [6, 6.07) is 5.97. The van der Waals surface area contributed by atoms with Crippen LogP contribution in [-0.2, 0) is 6.42 Å². The van der Waals surface area contributed by atoms with Crippen LogP contribution in [0.4, 0.5) is 0 Å². The predicted molar refractivity (Wildman–Crippen MR) is 105 cm³/mol. The lowest BCUT2D eigenvalue weighted by molar-refractivity contribution is 0.494. The molecule has 0 atom stereocenters. The molecule has 2 aromatic rings. The summed E-state index contributed by atoms with van der Waals surface area (Å²) in [6.07, 6.45) is 5.55. The van der Waals surface area contributed by atoms with E-state index in [1.807, 2.05) is 25.2 Å². The smallest absolute Gasteiger partial charge is 0.193 e. The molecule has 2 heterocycles. The second-order valence-corrected chi connectivity index (χ2v) is 5.86. The number of benzene rings is 1. The van der Waals surface area contributed by atoms with Crippen LogP contribution in [0.5, 0.6) is 0 Å². The number of nitrogens with one attached hydrogen (secondary N) is 2. The first-order valence-corrected chi connectivity index (χ1v) is 7.87. The summed E-state index contributed by atoms with van der Waals surface area (Å²) >= 11 is 6.09. The fraction of sp³-hybridized carbons (Fsp3) is 0.438. The molecule has 6 heteroatoms. The van der Waals surface area contributed by atoms with Crippen molar-refractivity contribution in [2.24, 2.45) is 4.99 Å². The van der Waals surface area contributed by atoms with Gasteiger partial charge in [-0.05, 0) is 43.0 Å². The molecular weight excluding hydrogens is 411 g/mol. The SMILES string of the molecule is CN=C(NCCc1c[nH]c2ccc(Cl)cc12)N1CCCC1.I. The lowest BCUT2D eigenvalue weighted by Gasteiger charge is -2.20. The molecule has 0 spiro atoms. The third-order valence-corrected chi connectivity index (χ3v) is 4.26. The first kappa shape index (κ1) is 17.4. The molecule has 3 rings (SSSR count). The van der Waals surface area contributed by atoms with Crippen molar-refractivity contribution in [3.05, 3.63) is 35.0 Å². The highest BCUT2D eigenvalue weighted by Gasteiger charge is 2.15. The Morgan fingerprint density at radius 3 is 2.86 bits per heavy atom. The van der Waals surface area contributed by atoms with Crippen LogP contribution in [0.25, 0.3) is 10.9 Å². The van der Waals surface area contributed by atoms with Crippen LogP contribution in [0.3, 0.4) is 0 Å². The van der Waals surface area contributed by atoms with E-state index in [9.17, 15) is 0 Å². The molecule has 4 nitrogen and oxygen atoms in total. The molecule has 2 N–H and O–H groups in total. The van der Waals surface area contributed by atoms with E-state index in [0.717, 1.165) is 42.6 Å². The summed E-state index contributed by atoms with van der Waals surface area (Å²) in [5.74, 6) is 1.02. The maximum Gasteiger partial charge on any atom is 0.193 e. The van der Waals surface area contributed by atoms with E-state index >= 15 is 0 Å². The average Bonchev–Trinajstić information content (AvgIpc) is 3.13. The van der Waals surface area contributed by atoms with Crippen LogP contribution in [0.2, 0.25) is 5.02 Å². The molecule has 22 heavy (non-hydrogen) atoms. The predicted octanol–water partition coefficient (Wildman–Crippen LogP) is 3.65. The molecule has 0 radical (unpaired) electrons. The minimum atomic E-state index is 0. The van der Waals surface area contributed by atoms with Gasteiger partial charge in [0.05, 0.1) is 0 Å². The van der Waals surface area contributed by atoms with E-state index < -0.39 is 0 Å². The van der Waals surface area contributed by atoms with Gasteiger partial charge in [0.1, 0.15) is 0 Å². The molecule has 1 aliphatic heterocycles. The number of nitrogens with zero attached hydrogens (tertiary/aromatic N) is 2. The van der Waals surface area contributed by atoms with Gasteiger partial charge in [0.15, 0.2) is 5.96 Å². The Kier molecular flexibility index (Phi) is 6.37. The van der Waals surface area contributed by atoms with Crippen LogP contribution in [-0.4, -0.2) is 42.5 Å². The monoisotopic (exact) mass is 432 g/mol. The van der Waals surface area contributed by atoms with Gasteiger partial charge in [-0.25, -0.2) is 0 Å². The third-order valence-electron chi connectivity index (χ3n) is 4.02. The largest absolute Gasteiger partial charge is 0.361 e. The Morgan fingerprint density at radius 1 is 1.36 bits per heavy atom. The summed E-state index contributed by atoms with van der Waals surface area (Å²) in [7, 11) is 1.85. The Hall–Kier alpha value is -0.950. The van der Waals surface area contributed by atoms with Gasteiger partial charge < -0.3 is 15.2 Å². The summed E-state index contributed by atoms with van der Waals surface area (Å²) < 4.78 is 0. The van der Waals surface area contributed by atoms with Crippen molar-refractivity contribution in [3.8, 4) is 0 Å². The summed E-state index contributed by atoms with van der Waals surface area (Å²) in [5, 5.41) is 5.45. The van der Waals surface area contributed by atoms with Crippen molar-refractivity contribution in [1.82, 2.24) is 15.2 Å². The fourth-order valence-corrected chi connectivity index (χ4v) is 3.10. The lowest BCUT2D eigenvalue weighted by Crippen LogP contribution is -2.40. The van der Waals surface area contributed by atoms with Gasteiger partial charge in [-0.2, -0.15) is 0 Å². The van der Waals surface area contributed by atoms with E-state index in [4.69, 9.17) is 11.6 Å². The quantitative estimate of drug-likeness (QED) is 0.442. The number of rotatable bonds is 3. The van der Waals surface area contributed by atoms with E-state index in [-0.39, 0.29) is 24.0 Å². The number of hydrogen-bond donors (Lipinski definition) is 2. The normalized spacial score (nSPS) is 15.2. The molecule has 0 unspecified atom stereocenters. The molecule has 1 fully saturated rings. The molecule has 120 valence electrons. The molecule has 0 aliphatic carbocycles. The number of likely N-dealkylation sites (tertiary alicyclic amines) is 1. The first-order chi connectivity index (χ1) is 10.3. The summed E-state index contributed by atoms with van der Waals surface area (Å²) in [4.78, 5) is 9.99. The summed E-state index contributed by atoms with van der Waals surface area (Å²) in [5.41, 5.74) is 2.43. The van der Waals surface area contributed by atoms with Gasteiger partial charge in [0.25, 0.3) is 0 Å². The number of H-pyrrole nitrogens is 1. The molecule has 1 aromatic heterocycles. The number of fused-ring (bicyclic) bond motifs is 1. The maximum atomic E-state index is 6.09. The van der Waals surface area contributed by atoms with Gasteiger partial charge in [0.2, 0.25) is 0 Å². The van der Waals surface area contributed by atoms with Crippen LogP contribution in [0.1, 0.15) is 18.4 Å². The fourth-order valence-electron chi connectivity index (χ4n) is 2.93. The van der Waals surface area contributed by atoms with E-state index in [1.165, 1.54) is 23.8 Å². The number of aromatic amines is 1. The minimum absolute atomic E-state index is 0. The molecule has 0 saturated carbocycles. The minimum Gasteiger partial charge on any atom is -0.361 e. The number of halogens is 2. The van der Waals surface area contributed by atoms with Gasteiger partial charge in [0, 0.05) is 48.8 Å². The Balaban J connectivity index is 0.00000176. The highest BCUT2D eigenvalue weighted by atomic mass is 127. The van der Waals surface area contributed by atoms with Crippen LogP contribution >= 0.6 is 35.6 Å². The maximum absolute atomic E-state index is 6.09. The van der Waals surface area contributed by atoms with Crippen molar-refractivity contribution in [3.63, 3.8) is 0 Å². The number of guanidine groups is 1. The van der Waals surface area contributed by atoms with E-state index in [1.54, 1.807) is 0 Å². The Morgan fingerprint density at radius 2 is 2.14 bits per heavy atom. The van der Waals surface area contributed by atoms with Crippen molar-refractivity contribution in [1.29, 1.82) is 0 Å². The first-order valence-electron chi connectivity index (χ1n) is 7.49. The van der Waals surface area contributed by atoms with Gasteiger partial charge in [-0.1, -0.05) is 11.6 Å². The zero-order chi connectivity index (χ0) is 14.7. The molecule has 0 amide bonds. The van der Waals surface area contributed by atoms with E-state index in [2.05, 4.69) is 26.4 Å². The van der Waals surface area contributed by atoms with Gasteiger partial charge >= 0.3 is 0 Å². The molecular formula is C16H22ClIN4. The second kappa shape index (κ2) is 8.06.